The molecule has 0 spiro atoms. The lowest BCUT2D eigenvalue weighted by molar-refractivity contribution is 0.0865. The first-order valence-corrected chi connectivity index (χ1v) is 7.58. The fourth-order valence-corrected chi connectivity index (χ4v) is 3.82. The molecule has 0 atom stereocenters. The third-order valence-electron chi connectivity index (χ3n) is 3.27. The van der Waals surface area contributed by atoms with Gasteiger partial charge in [-0.3, -0.25) is 4.79 Å². The third-order valence-corrected chi connectivity index (χ3v) is 5.05. The molecule has 2 aromatic carbocycles. The minimum Gasteiger partial charge on any atom is -0.508 e. The van der Waals surface area contributed by atoms with E-state index in [1.54, 1.807) is 12.1 Å². The van der Waals surface area contributed by atoms with Gasteiger partial charge in [0.2, 0.25) is 0 Å². The molecule has 21 heavy (non-hydrogen) atoms. The minimum absolute atomic E-state index is 0.0123. The van der Waals surface area contributed by atoms with Gasteiger partial charge in [-0.1, -0.05) is 12.1 Å². The zero-order valence-electron chi connectivity index (χ0n) is 10.9. The van der Waals surface area contributed by atoms with Gasteiger partial charge >= 0.3 is 0 Å². The number of benzene rings is 2. The highest BCUT2D eigenvalue weighted by atomic mass is 32.2. The average molecular weight is 304 g/mol. The molecule has 1 amide bonds. The molecule has 7 heteroatoms. The third kappa shape index (κ3) is 2.11. The van der Waals surface area contributed by atoms with Gasteiger partial charge in [-0.2, -0.15) is 0 Å². The van der Waals surface area contributed by atoms with Crippen LogP contribution in [0.25, 0.3) is 0 Å². The summed E-state index contributed by atoms with van der Waals surface area (Å²) in [6, 6.07) is 10.3. The van der Waals surface area contributed by atoms with Crippen molar-refractivity contribution in [1.29, 1.82) is 0 Å². The number of nitrogen functional groups attached to an aromatic ring is 1. The van der Waals surface area contributed by atoms with Crippen LogP contribution >= 0.6 is 0 Å². The monoisotopic (exact) mass is 304 g/mol. The average Bonchev–Trinajstić information content (AvgIpc) is 2.60. The molecule has 1 heterocycles. The molecule has 0 unspecified atom stereocenters. The summed E-state index contributed by atoms with van der Waals surface area (Å²) in [5, 5.41) is 9.42. The molecule has 0 saturated carbocycles. The van der Waals surface area contributed by atoms with Gasteiger partial charge in [0.15, 0.2) is 0 Å². The van der Waals surface area contributed by atoms with Gasteiger partial charge in [0.1, 0.15) is 10.6 Å². The number of nitrogens with two attached hydrogens (primary N) is 1. The molecule has 0 aromatic heterocycles. The van der Waals surface area contributed by atoms with E-state index < -0.39 is 15.9 Å². The van der Waals surface area contributed by atoms with Crippen molar-refractivity contribution >= 4 is 21.6 Å². The fourth-order valence-electron chi connectivity index (χ4n) is 2.28. The van der Waals surface area contributed by atoms with Crippen molar-refractivity contribution < 1.29 is 18.3 Å². The van der Waals surface area contributed by atoms with Crippen LogP contribution in [-0.4, -0.2) is 23.7 Å². The first kappa shape index (κ1) is 13.4. The fraction of sp³-hybridized carbons (Fsp3) is 0.0714. The van der Waals surface area contributed by atoms with Gasteiger partial charge in [-0.15, -0.1) is 0 Å². The maximum atomic E-state index is 12.4. The van der Waals surface area contributed by atoms with Crippen LogP contribution in [0.5, 0.6) is 5.75 Å². The lowest BCUT2D eigenvalue weighted by Gasteiger charge is -2.15. The molecular formula is C14H12N2O4S. The molecule has 2 aromatic rings. The van der Waals surface area contributed by atoms with E-state index in [9.17, 15) is 18.3 Å². The molecule has 3 rings (SSSR count). The molecule has 0 aliphatic carbocycles. The summed E-state index contributed by atoms with van der Waals surface area (Å²) < 4.78 is 25.6. The lowest BCUT2D eigenvalue weighted by atomic mass is 10.1. The summed E-state index contributed by atoms with van der Waals surface area (Å²) in [5.74, 6) is -0.598. The van der Waals surface area contributed by atoms with Gasteiger partial charge in [-0.05, 0) is 35.9 Å². The van der Waals surface area contributed by atoms with E-state index in [4.69, 9.17) is 5.73 Å². The Labute approximate surface area is 121 Å². The largest absolute Gasteiger partial charge is 0.508 e. The van der Waals surface area contributed by atoms with E-state index in [1.165, 1.54) is 30.3 Å². The van der Waals surface area contributed by atoms with Crippen molar-refractivity contribution in [3.63, 3.8) is 0 Å². The minimum atomic E-state index is -3.88. The Morgan fingerprint density at radius 3 is 2.62 bits per heavy atom. The van der Waals surface area contributed by atoms with Crippen molar-refractivity contribution in [2.45, 2.75) is 11.4 Å². The number of nitrogens with zero attached hydrogens (tertiary/aromatic N) is 1. The molecule has 1 aliphatic heterocycles. The maximum Gasteiger partial charge on any atom is 0.269 e. The van der Waals surface area contributed by atoms with E-state index in [1.807, 2.05) is 0 Å². The van der Waals surface area contributed by atoms with Gasteiger partial charge in [0.05, 0.1) is 12.1 Å². The van der Waals surface area contributed by atoms with Gasteiger partial charge in [0, 0.05) is 5.69 Å². The number of hydrogen-bond acceptors (Lipinski definition) is 5. The number of phenolic OH excluding ortho intramolecular Hbond substituents is 1. The quantitative estimate of drug-likeness (QED) is 0.815. The Balaban J connectivity index is 2.04. The van der Waals surface area contributed by atoms with E-state index in [0.717, 1.165) is 4.31 Å². The zero-order chi connectivity index (χ0) is 15.2. The summed E-state index contributed by atoms with van der Waals surface area (Å²) >= 11 is 0. The smallest absolute Gasteiger partial charge is 0.269 e. The second kappa shape index (κ2) is 4.49. The predicted octanol–water partition coefficient (Wildman–Crippen LogP) is 1.32. The standard InChI is InChI=1S/C14H12N2O4S/c15-10-4-5-13-12(7-10)14(18)16(21(13,19)20)8-9-2-1-3-11(17)6-9/h1-7,17H,8,15H2. The van der Waals surface area contributed by atoms with Crippen LogP contribution in [0.4, 0.5) is 5.69 Å². The molecular weight excluding hydrogens is 292 g/mol. The van der Waals surface area contributed by atoms with Crippen LogP contribution in [0.2, 0.25) is 0 Å². The number of sulfonamides is 1. The second-order valence-electron chi connectivity index (χ2n) is 4.74. The highest BCUT2D eigenvalue weighted by Crippen LogP contribution is 2.32. The first-order chi connectivity index (χ1) is 9.89. The summed E-state index contributed by atoms with van der Waals surface area (Å²) in [5.41, 5.74) is 6.53. The number of rotatable bonds is 2. The highest BCUT2D eigenvalue weighted by Gasteiger charge is 2.41. The molecule has 0 bridgehead atoms. The van der Waals surface area contributed by atoms with Crippen LogP contribution in [-0.2, 0) is 16.6 Å². The Kier molecular flexibility index (Phi) is 2.87. The first-order valence-electron chi connectivity index (χ1n) is 6.14. The predicted molar refractivity (Wildman–Crippen MR) is 76.0 cm³/mol. The number of carbonyl (C=O) groups excluding carboxylic acids is 1. The van der Waals surface area contributed by atoms with E-state index >= 15 is 0 Å². The molecule has 0 saturated heterocycles. The van der Waals surface area contributed by atoms with Crippen LogP contribution in [0.15, 0.2) is 47.4 Å². The lowest BCUT2D eigenvalue weighted by Crippen LogP contribution is -2.29. The Morgan fingerprint density at radius 2 is 1.90 bits per heavy atom. The second-order valence-corrected chi connectivity index (χ2v) is 6.57. The molecule has 0 radical (unpaired) electrons. The van der Waals surface area contributed by atoms with Crippen molar-refractivity contribution in [2.24, 2.45) is 0 Å². The van der Waals surface area contributed by atoms with Crippen molar-refractivity contribution in [2.75, 3.05) is 5.73 Å². The van der Waals surface area contributed by atoms with Gasteiger partial charge in [-0.25, -0.2) is 12.7 Å². The number of fused-ring (bicyclic) bond motifs is 1. The number of hydrogen-bond donors (Lipinski definition) is 2. The zero-order valence-corrected chi connectivity index (χ0v) is 11.7. The van der Waals surface area contributed by atoms with E-state index in [0.29, 0.717) is 11.3 Å². The number of aromatic hydroxyl groups is 1. The topological polar surface area (TPSA) is 101 Å². The summed E-state index contributed by atoms with van der Waals surface area (Å²) in [7, 11) is -3.88. The van der Waals surface area contributed by atoms with E-state index in [-0.39, 0.29) is 22.8 Å². The van der Waals surface area contributed by atoms with Crippen LogP contribution in [0, 0.1) is 0 Å². The maximum absolute atomic E-state index is 12.4. The summed E-state index contributed by atoms with van der Waals surface area (Å²) in [4.78, 5) is 12.2. The number of anilines is 1. The molecule has 1 aliphatic rings. The highest BCUT2D eigenvalue weighted by molar-refractivity contribution is 7.90. The van der Waals surface area contributed by atoms with Crippen molar-refractivity contribution in [1.82, 2.24) is 4.31 Å². The molecule has 0 fully saturated rings. The molecule has 6 nitrogen and oxygen atoms in total. The van der Waals surface area contributed by atoms with Crippen LogP contribution < -0.4 is 5.73 Å². The molecule has 108 valence electrons. The Bertz CT molecular complexity index is 846. The van der Waals surface area contributed by atoms with Crippen LogP contribution in [0.1, 0.15) is 15.9 Å². The van der Waals surface area contributed by atoms with E-state index in [2.05, 4.69) is 0 Å². The Morgan fingerprint density at radius 1 is 1.14 bits per heavy atom. The van der Waals surface area contributed by atoms with Crippen molar-refractivity contribution in [3.8, 4) is 5.75 Å². The number of amides is 1. The number of phenols is 1. The normalized spacial score (nSPS) is 16.0. The molecule has 3 N–H and O–H groups in total. The SMILES string of the molecule is Nc1ccc2c(c1)C(=O)N(Cc1cccc(O)c1)S2(=O)=O. The number of carbonyl (C=O) groups is 1. The Hall–Kier alpha value is -2.54. The summed E-state index contributed by atoms with van der Waals surface area (Å²) in [6.07, 6.45) is 0. The summed E-state index contributed by atoms with van der Waals surface area (Å²) in [6.45, 7) is -0.135. The van der Waals surface area contributed by atoms with Gasteiger partial charge in [0.25, 0.3) is 15.9 Å². The van der Waals surface area contributed by atoms with Crippen molar-refractivity contribution in [3.05, 3.63) is 53.6 Å². The van der Waals surface area contributed by atoms with Crippen LogP contribution in [0.3, 0.4) is 0 Å². The van der Waals surface area contributed by atoms with Gasteiger partial charge < -0.3 is 10.8 Å².